The molecule has 26 heavy (non-hydrogen) atoms. The molecule has 0 saturated carbocycles. The summed E-state index contributed by atoms with van der Waals surface area (Å²) >= 11 is 6.04. The Bertz CT molecular complexity index is 913. The molecule has 1 aliphatic rings. The highest BCUT2D eigenvalue weighted by molar-refractivity contribution is 6.44. The lowest BCUT2D eigenvalue weighted by molar-refractivity contribution is -0.384. The molecule has 0 atom stereocenters. The normalized spacial score (nSPS) is 14.3. The van der Waals surface area contributed by atoms with Crippen LogP contribution in [0.1, 0.15) is 11.1 Å². The first-order chi connectivity index (χ1) is 12.4. The van der Waals surface area contributed by atoms with Crippen LogP contribution in [0, 0.1) is 10.1 Å². The molecule has 3 rings (SSSR count). The van der Waals surface area contributed by atoms with Gasteiger partial charge in [-0.2, -0.15) is 0 Å². The van der Waals surface area contributed by atoms with Crippen LogP contribution in [-0.4, -0.2) is 32.6 Å². The lowest BCUT2D eigenvalue weighted by atomic mass is 10.2. The monoisotopic (exact) mass is 373 g/mol. The summed E-state index contributed by atoms with van der Waals surface area (Å²) in [5.41, 5.74) is 0.926. The summed E-state index contributed by atoms with van der Waals surface area (Å²) in [6.07, 6.45) is 0. The number of carbonyl (C=O) groups is 3. The van der Waals surface area contributed by atoms with Crippen molar-refractivity contribution in [2.24, 2.45) is 0 Å². The number of halogens is 1. The summed E-state index contributed by atoms with van der Waals surface area (Å²) < 4.78 is 0. The van der Waals surface area contributed by atoms with Gasteiger partial charge in [0.15, 0.2) is 0 Å². The smallest absolute Gasteiger partial charge is 0.263 e. The molecule has 1 fully saturated rings. The van der Waals surface area contributed by atoms with Gasteiger partial charge in [0.2, 0.25) is 0 Å². The second-order valence-electron chi connectivity index (χ2n) is 5.58. The number of imide groups is 2. The number of carbonyl (C=O) groups excluding carboxylic acids is 3. The third-order valence-electron chi connectivity index (χ3n) is 3.91. The first-order valence-corrected chi connectivity index (χ1v) is 7.90. The van der Waals surface area contributed by atoms with Crippen molar-refractivity contribution in [1.29, 1.82) is 0 Å². The van der Waals surface area contributed by atoms with Crippen molar-refractivity contribution in [1.82, 2.24) is 9.80 Å². The van der Waals surface area contributed by atoms with Gasteiger partial charge in [-0.05, 0) is 17.2 Å². The van der Waals surface area contributed by atoms with Gasteiger partial charge in [0.25, 0.3) is 5.69 Å². The van der Waals surface area contributed by atoms with E-state index in [2.05, 4.69) is 0 Å². The number of urea groups is 1. The van der Waals surface area contributed by atoms with Crippen LogP contribution in [0.4, 0.5) is 10.5 Å². The van der Waals surface area contributed by atoms with E-state index in [1.54, 1.807) is 24.3 Å². The van der Waals surface area contributed by atoms with Crippen molar-refractivity contribution in [2.45, 2.75) is 13.1 Å². The predicted octanol–water partition coefficient (Wildman–Crippen LogP) is 2.74. The van der Waals surface area contributed by atoms with E-state index in [9.17, 15) is 24.5 Å². The molecule has 2 aromatic rings. The van der Waals surface area contributed by atoms with Gasteiger partial charge in [0.1, 0.15) is 0 Å². The molecule has 0 aromatic heterocycles. The maximum absolute atomic E-state index is 12.5. The molecule has 0 unspecified atom stereocenters. The number of benzene rings is 2. The summed E-state index contributed by atoms with van der Waals surface area (Å²) in [5, 5.41) is 11.1. The highest BCUT2D eigenvalue weighted by atomic mass is 35.5. The minimum atomic E-state index is -0.944. The van der Waals surface area contributed by atoms with Crippen LogP contribution in [0.2, 0.25) is 5.02 Å². The fourth-order valence-corrected chi connectivity index (χ4v) is 2.73. The number of nitrogens with zero attached hydrogens (tertiary/aromatic N) is 3. The summed E-state index contributed by atoms with van der Waals surface area (Å²) in [5.74, 6) is -1.88. The predicted molar refractivity (Wildman–Crippen MR) is 91.0 cm³/mol. The van der Waals surface area contributed by atoms with Gasteiger partial charge in [0.05, 0.1) is 18.0 Å². The molecule has 1 saturated heterocycles. The molecule has 0 bridgehead atoms. The third-order valence-corrected chi connectivity index (χ3v) is 4.28. The molecule has 0 aliphatic carbocycles. The Hall–Kier alpha value is -3.26. The molecule has 1 aliphatic heterocycles. The van der Waals surface area contributed by atoms with E-state index in [1.165, 1.54) is 24.3 Å². The van der Waals surface area contributed by atoms with Crippen LogP contribution >= 0.6 is 11.6 Å². The Labute approximate surface area is 152 Å². The van der Waals surface area contributed by atoms with Gasteiger partial charge in [-0.25, -0.2) is 4.79 Å². The number of amides is 4. The maximum Gasteiger partial charge on any atom is 0.334 e. The molecule has 4 amide bonds. The highest BCUT2D eigenvalue weighted by Gasteiger charge is 2.44. The lowest BCUT2D eigenvalue weighted by Crippen LogP contribution is -2.32. The van der Waals surface area contributed by atoms with Crippen LogP contribution in [-0.2, 0) is 22.7 Å². The second-order valence-corrected chi connectivity index (χ2v) is 5.99. The SMILES string of the molecule is O=C1C(=O)N(Cc2ccccc2Cl)C(=O)N1Cc1ccc([N+](=O)[O-])cc1. The van der Waals surface area contributed by atoms with E-state index in [4.69, 9.17) is 11.6 Å². The molecule has 1 heterocycles. The molecule has 2 aromatic carbocycles. The van der Waals surface area contributed by atoms with E-state index in [0.29, 0.717) is 16.1 Å². The number of hydrogen-bond donors (Lipinski definition) is 0. The molecule has 0 spiro atoms. The number of nitro groups is 1. The van der Waals surface area contributed by atoms with E-state index >= 15 is 0 Å². The first-order valence-electron chi connectivity index (χ1n) is 7.52. The Balaban J connectivity index is 1.78. The van der Waals surface area contributed by atoms with E-state index < -0.39 is 22.8 Å². The van der Waals surface area contributed by atoms with Crippen molar-refractivity contribution in [2.75, 3.05) is 0 Å². The van der Waals surface area contributed by atoms with E-state index in [1.807, 2.05) is 0 Å². The minimum Gasteiger partial charge on any atom is -0.263 e. The van der Waals surface area contributed by atoms with Crippen LogP contribution in [0.5, 0.6) is 0 Å². The Morgan fingerprint density at radius 3 is 2.04 bits per heavy atom. The zero-order valence-electron chi connectivity index (χ0n) is 13.3. The van der Waals surface area contributed by atoms with Crippen LogP contribution in [0.15, 0.2) is 48.5 Å². The second kappa shape index (κ2) is 6.93. The van der Waals surface area contributed by atoms with E-state index in [-0.39, 0.29) is 18.8 Å². The topological polar surface area (TPSA) is 101 Å². The largest absolute Gasteiger partial charge is 0.334 e. The van der Waals surface area contributed by atoms with Crippen molar-refractivity contribution in [3.8, 4) is 0 Å². The van der Waals surface area contributed by atoms with Gasteiger partial charge in [-0.3, -0.25) is 29.5 Å². The fraction of sp³-hybridized carbons (Fsp3) is 0.118. The molecule has 8 nitrogen and oxygen atoms in total. The number of hydrogen-bond acceptors (Lipinski definition) is 5. The third kappa shape index (κ3) is 3.27. The summed E-state index contributed by atoms with van der Waals surface area (Å²) in [6.45, 7) is -0.264. The zero-order chi connectivity index (χ0) is 18.8. The Morgan fingerprint density at radius 1 is 0.885 bits per heavy atom. The van der Waals surface area contributed by atoms with Crippen LogP contribution < -0.4 is 0 Å². The average molecular weight is 374 g/mol. The number of non-ortho nitro benzene ring substituents is 1. The fourth-order valence-electron chi connectivity index (χ4n) is 2.53. The van der Waals surface area contributed by atoms with Gasteiger partial charge >= 0.3 is 17.8 Å². The molecule has 132 valence electrons. The highest BCUT2D eigenvalue weighted by Crippen LogP contribution is 2.23. The van der Waals surface area contributed by atoms with Crippen molar-refractivity contribution in [3.05, 3.63) is 74.8 Å². The van der Waals surface area contributed by atoms with Crippen molar-refractivity contribution < 1.29 is 19.3 Å². The van der Waals surface area contributed by atoms with Gasteiger partial charge in [-0.1, -0.05) is 41.9 Å². The summed E-state index contributed by atoms with van der Waals surface area (Å²) in [6, 6.07) is 11.4. The average Bonchev–Trinajstić information content (AvgIpc) is 2.82. The quantitative estimate of drug-likeness (QED) is 0.347. The maximum atomic E-state index is 12.5. The Kier molecular flexibility index (Phi) is 4.68. The van der Waals surface area contributed by atoms with Gasteiger partial charge in [-0.15, -0.1) is 0 Å². The van der Waals surface area contributed by atoms with Crippen molar-refractivity contribution in [3.63, 3.8) is 0 Å². The summed E-state index contributed by atoms with van der Waals surface area (Å²) in [4.78, 5) is 48.5. The Morgan fingerprint density at radius 2 is 1.46 bits per heavy atom. The standard InChI is InChI=1S/C17H12ClN3O5/c18-14-4-2-1-3-12(14)10-20-16(23)15(22)19(17(20)24)9-11-5-7-13(8-6-11)21(25)26/h1-8H,9-10H2. The molecule has 0 N–H and O–H groups in total. The molecule has 0 radical (unpaired) electrons. The number of nitro benzene ring substituents is 1. The molecule has 9 heteroatoms. The van der Waals surface area contributed by atoms with Crippen LogP contribution in [0.3, 0.4) is 0 Å². The van der Waals surface area contributed by atoms with Gasteiger partial charge < -0.3 is 0 Å². The van der Waals surface area contributed by atoms with E-state index in [0.717, 1.165) is 9.80 Å². The summed E-state index contributed by atoms with van der Waals surface area (Å²) in [7, 11) is 0. The molecular weight excluding hydrogens is 362 g/mol. The van der Waals surface area contributed by atoms with Crippen LogP contribution in [0.25, 0.3) is 0 Å². The van der Waals surface area contributed by atoms with Crippen molar-refractivity contribution >= 4 is 35.1 Å². The lowest BCUT2D eigenvalue weighted by Gasteiger charge is -2.16. The zero-order valence-corrected chi connectivity index (χ0v) is 14.0. The first kappa shape index (κ1) is 17.6. The van der Waals surface area contributed by atoms with Gasteiger partial charge in [0, 0.05) is 17.2 Å². The molecular formula is C17H12ClN3O5. The minimum absolute atomic E-state index is 0.107. The number of rotatable bonds is 5.